The molecule has 0 aliphatic carbocycles. The molecule has 0 saturated heterocycles. The monoisotopic (exact) mass is 305 g/mol. The fourth-order valence-electron chi connectivity index (χ4n) is 2.11. The van der Waals surface area contributed by atoms with Gasteiger partial charge in [-0.25, -0.2) is 0 Å². The fourth-order valence-corrected chi connectivity index (χ4v) is 2.99. The Bertz CT molecular complexity index is 640. The number of non-ortho nitro benzene ring substituents is 1. The highest BCUT2D eigenvalue weighted by molar-refractivity contribution is 7.12. The molecule has 2 N–H and O–H groups in total. The third-order valence-corrected chi connectivity index (χ3v) is 4.26. The molecule has 5 nitrogen and oxygen atoms in total. The van der Waals surface area contributed by atoms with Gasteiger partial charge in [-0.1, -0.05) is 0 Å². The standard InChI is InChI=1S/C15H19N3O2S/c1-4-16-12-7-13(9-14(8-12)18(19)20)17-11(3)15-6-5-10(2)21-15/h5-9,11,16-17H,4H2,1-3H3. The van der Waals surface area contributed by atoms with Crippen LogP contribution in [0.5, 0.6) is 0 Å². The van der Waals surface area contributed by atoms with E-state index in [-0.39, 0.29) is 16.7 Å². The smallest absolute Gasteiger partial charge is 0.273 e. The minimum Gasteiger partial charge on any atom is -0.385 e. The van der Waals surface area contributed by atoms with Crippen LogP contribution in [0.2, 0.25) is 0 Å². The molecule has 0 radical (unpaired) electrons. The highest BCUT2D eigenvalue weighted by Gasteiger charge is 2.13. The van der Waals surface area contributed by atoms with Gasteiger partial charge in [-0.2, -0.15) is 0 Å². The van der Waals surface area contributed by atoms with Crippen molar-refractivity contribution in [3.63, 3.8) is 0 Å². The molecule has 6 heteroatoms. The van der Waals surface area contributed by atoms with Gasteiger partial charge in [0.2, 0.25) is 0 Å². The highest BCUT2D eigenvalue weighted by atomic mass is 32.1. The summed E-state index contributed by atoms with van der Waals surface area (Å²) < 4.78 is 0. The number of benzene rings is 1. The Morgan fingerprint density at radius 3 is 2.57 bits per heavy atom. The van der Waals surface area contributed by atoms with Crippen molar-refractivity contribution in [2.45, 2.75) is 26.8 Å². The lowest BCUT2D eigenvalue weighted by molar-refractivity contribution is -0.384. The Balaban J connectivity index is 2.23. The van der Waals surface area contributed by atoms with Crippen molar-refractivity contribution < 1.29 is 4.92 Å². The van der Waals surface area contributed by atoms with Crippen LogP contribution in [0.15, 0.2) is 30.3 Å². The van der Waals surface area contributed by atoms with Crippen LogP contribution >= 0.6 is 11.3 Å². The van der Waals surface area contributed by atoms with Gasteiger partial charge < -0.3 is 10.6 Å². The lowest BCUT2D eigenvalue weighted by Gasteiger charge is -2.15. The van der Waals surface area contributed by atoms with E-state index in [0.717, 1.165) is 17.9 Å². The number of hydrogen-bond donors (Lipinski definition) is 2. The summed E-state index contributed by atoms with van der Waals surface area (Å²) in [5, 5.41) is 17.5. The van der Waals surface area contributed by atoms with Crippen molar-refractivity contribution in [2.75, 3.05) is 17.2 Å². The number of nitrogens with zero attached hydrogens (tertiary/aromatic N) is 1. The van der Waals surface area contributed by atoms with Crippen molar-refractivity contribution >= 4 is 28.4 Å². The van der Waals surface area contributed by atoms with Crippen LogP contribution in [0.4, 0.5) is 17.1 Å². The predicted octanol–water partition coefficient (Wildman–Crippen LogP) is 4.57. The molecule has 1 aromatic carbocycles. The van der Waals surface area contributed by atoms with Crippen LogP contribution in [0, 0.1) is 17.0 Å². The molecular formula is C15H19N3O2S. The van der Waals surface area contributed by atoms with E-state index in [1.54, 1.807) is 23.5 Å². The van der Waals surface area contributed by atoms with Crippen molar-refractivity contribution in [3.05, 3.63) is 50.2 Å². The van der Waals surface area contributed by atoms with E-state index in [1.165, 1.54) is 9.75 Å². The third kappa shape index (κ3) is 3.95. The van der Waals surface area contributed by atoms with Gasteiger partial charge in [0.15, 0.2) is 0 Å². The molecule has 0 saturated carbocycles. The average molecular weight is 305 g/mol. The van der Waals surface area contributed by atoms with Crippen LogP contribution in [-0.4, -0.2) is 11.5 Å². The van der Waals surface area contributed by atoms with E-state index in [1.807, 2.05) is 13.0 Å². The van der Waals surface area contributed by atoms with E-state index < -0.39 is 0 Å². The lowest BCUT2D eigenvalue weighted by Crippen LogP contribution is -2.06. The Morgan fingerprint density at radius 1 is 1.29 bits per heavy atom. The molecule has 112 valence electrons. The second kappa shape index (κ2) is 6.58. The zero-order valence-corrected chi connectivity index (χ0v) is 13.2. The van der Waals surface area contributed by atoms with E-state index >= 15 is 0 Å². The van der Waals surface area contributed by atoms with E-state index in [4.69, 9.17) is 0 Å². The van der Waals surface area contributed by atoms with E-state index in [2.05, 4.69) is 36.6 Å². The summed E-state index contributed by atoms with van der Waals surface area (Å²) in [5.41, 5.74) is 1.59. The van der Waals surface area contributed by atoms with E-state index in [0.29, 0.717) is 0 Å². The quantitative estimate of drug-likeness (QED) is 0.606. The SMILES string of the molecule is CCNc1cc(NC(C)c2ccc(C)s2)cc([N+](=O)[O-])c1. The van der Waals surface area contributed by atoms with Crippen LogP contribution < -0.4 is 10.6 Å². The largest absolute Gasteiger partial charge is 0.385 e. The fraction of sp³-hybridized carbons (Fsp3) is 0.333. The second-order valence-electron chi connectivity index (χ2n) is 4.87. The van der Waals surface area contributed by atoms with Gasteiger partial charge in [0.1, 0.15) is 0 Å². The van der Waals surface area contributed by atoms with Crippen LogP contribution in [-0.2, 0) is 0 Å². The maximum atomic E-state index is 11.0. The summed E-state index contributed by atoms with van der Waals surface area (Å²) >= 11 is 1.73. The number of hydrogen-bond acceptors (Lipinski definition) is 5. The Morgan fingerprint density at radius 2 is 2.00 bits per heavy atom. The molecule has 1 atom stereocenters. The molecule has 2 rings (SSSR count). The van der Waals surface area contributed by atoms with Gasteiger partial charge in [-0.05, 0) is 39.0 Å². The van der Waals surface area contributed by atoms with Gasteiger partial charge >= 0.3 is 0 Å². The molecule has 0 bridgehead atoms. The zero-order valence-electron chi connectivity index (χ0n) is 12.3. The Hall–Kier alpha value is -2.08. The molecule has 1 aromatic heterocycles. The molecule has 21 heavy (non-hydrogen) atoms. The van der Waals surface area contributed by atoms with Crippen LogP contribution in [0.1, 0.15) is 29.6 Å². The molecule has 0 amide bonds. The summed E-state index contributed by atoms with van der Waals surface area (Å²) in [6.45, 7) is 6.80. The van der Waals surface area contributed by atoms with Gasteiger partial charge in [0, 0.05) is 39.8 Å². The van der Waals surface area contributed by atoms with Crippen molar-refractivity contribution in [1.29, 1.82) is 0 Å². The summed E-state index contributed by atoms with van der Waals surface area (Å²) in [7, 11) is 0. The number of thiophene rings is 1. The Kier molecular flexibility index (Phi) is 4.80. The second-order valence-corrected chi connectivity index (χ2v) is 6.19. The number of aryl methyl sites for hydroxylation is 1. The Labute approximate surface area is 128 Å². The maximum Gasteiger partial charge on any atom is 0.273 e. The molecule has 0 spiro atoms. The molecule has 0 fully saturated rings. The molecule has 0 aliphatic heterocycles. The first kappa shape index (κ1) is 15.3. The zero-order chi connectivity index (χ0) is 15.4. The number of rotatable bonds is 6. The van der Waals surface area contributed by atoms with Gasteiger partial charge in [0.25, 0.3) is 5.69 Å². The molecule has 0 aliphatic rings. The van der Waals surface area contributed by atoms with Crippen molar-refractivity contribution in [3.8, 4) is 0 Å². The average Bonchev–Trinajstić information content (AvgIpc) is 2.85. The number of nitro benzene ring substituents is 1. The predicted molar refractivity (Wildman–Crippen MR) is 88.4 cm³/mol. The van der Waals surface area contributed by atoms with Gasteiger partial charge in [-0.15, -0.1) is 11.3 Å². The molecular weight excluding hydrogens is 286 g/mol. The summed E-state index contributed by atoms with van der Waals surface area (Å²) in [4.78, 5) is 13.1. The third-order valence-electron chi connectivity index (χ3n) is 3.08. The summed E-state index contributed by atoms with van der Waals surface area (Å²) in [6.07, 6.45) is 0. The number of nitrogens with one attached hydrogen (secondary N) is 2. The number of nitro groups is 1. The normalized spacial score (nSPS) is 12.0. The lowest BCUT2D eigenvalue weighted by atomic mass is 10.2. The summed E-state index contributed by atoms with van der Waals surface area (Å²) in [5.74, 6) is 0. The molecule has 1 heterocycles. The first-order valence-corrected chi connectivity index (χ1v) is 7.67. The van der Waals surface area contributed by atoms with Gasteiger partial charge in [-0.3, -0.25) is 10.1 Å². The maximum absolute atomic E-state index is 11.0. The minimum atomic E-state index is -0.369. The highest BCUT2D eigenvalue weighted by Crippen LogP contribution is 2.29. The van der Waals surface area contributed by atoms with Crippen molar-refractivity contribution in [2.24, 2.45) is 0 Å². The topological polar surface area (TPSA) is 67.2 Å². The van der Waals surface area contributed by atoms with E-state index in [9.17, 15) is 10.1 Å². The molecule has 2 aromatic rings. The first-order valence-electron chi connectivity index (χ1n) is 6.86. The van der Waals surface area contributed by atoms with Gasteiger partial charge in [0.05, 0.1) is 11.0 Å². The summed E-state index contributed by atoms with van der Waals surface area (Å²) in [6, 6.07) is 9.29. The van der Waals surface area contributed by atoms with Crippen LogP contribution in [0.3, 0.4) is 0 Å². The van der Waals surface area contributed by atoms with Crippen molar-refractivity contribution in [1.82, 2.24) is 0 Å². The van der Waals surface area contributed by atoms with Crippen LogP contribution in [0.25, 0.3) is 0 Å². The first-order chi connectivity index (χ1) is 9.99. The minimum absolute atomic E-state index is 0.0884. The molecule has 1 unspecified atom stereocenters. The number of anilines is 2.